The van der Waals surface area contributed by atoms with E-state index in [2.05, 4.69) is 64.3 Å². The Morgan fingerprint density at radius 3 is 2.70 bits per heavy atom. The van der Waals surface area contributed by atoms with Gasteiger partial charge in [-0.2, -0.15) is 0 Å². The number of aryl methyl sites for hydroxylation is 2. The first-order valence-corrected chi connectivity index (χ1v) is 10.5. The third-order valence-corrected chi connectivity index (χ3v) is 6.33. The molecule has 140 valence electrons. The van der Waals surface area contributed by atoms with Gasteiger partial charge in [-0.3, -0.25) is 4.79 Å². The Hall–Kier alpha value is -2.05. The van der Waals surface area contributed by atoms with E-state index in [9.17, 15) is 4.79 Å². The third-order valence-electron chi connectivity index (χ3n) is 4.32. The molecule has 1 N–H and O–H groups in total. The largest absolute Gasteiger partial charge is 0.351 e. The summed E-state index contributed by atoms with van der Waals surface area (Å²) in [5.74, 6) is 0.448. The van der Waals surface area contributed by atoms with E-state index in [1.165, 1.54) is 16.7 Å². The fraction of sp³-hybridized carbons (Fsp3) is 0.238. The molecule has 6 heteroatoms. The lowest BCUT2D eigenvalue weighted by atomic mass is 10.1. The molecule has 4 nitrogen and oxygen atoms in total. The minimum atomic E-state index is 0.0393. The van der Waals surface area contributed by atoms with Gasteiger partial charge in [0.1, 0.15) is 0 Å². The van der Waals surface area contributed by atoms with Crippen LogP contribution in [0.25, 0.3) is 0 Å². The van der Waals surface area contributed by atoms with E-state index in [0.717, 1.165) is 21.5 Å². The maximum absolute atomic E-state index is 12.3. The number of rotatable bonds is 7. The van der Waals surface area contributed by atoms with Crippen LogP contribution in [0.15, 0.2) is 64.5 Å². The van der Waals surface area contributed by atoms with Crippen LogP contribution in [0.2, 0.25) is 0 Å². The van der Waals surface area contributed by atoms with Crippen LogP contribution in [0.1, 0.15) is 22.3 Å². The molecule has 0 aliphatic heterocycles. The lowest BCUT2D eigenvalue weighted by molar-refractivity contribution is -0.118. The van der Waals surface area contributed by atoms with Crippen LogP contribution in [0.5, 0.6) is 0 Å². The zero-order valence-corrected chi connectivity index (χ0v) is 17.8. The van der Waals surface area contributed by atoms with Gasteiger partial charge in [0.15, 0.2) is 0 Å². The van der Waals surface area contributed by atoms with Crippen LogP contribution in [-0.4, -0.2) is 21.2 Å². The van der Waals surface area contributed by atoms with Gasteiger partial charge in [-0.1, -0.05) is 40.2 Å². The van der Waals surface area contributed by atoms with E-state index >= 15 is 0 Å². The predicted molar refractivity (Wildman–Crippen MR) is 114 cm³/mol. The number of carbonyl (C=O) groups is 1. The van der Waals surface area contributed by atoms with Gasteiger partial charge >= 0.3 is 0 Å². The SMILES string of the molecule is Cc1cc(SCC(=O)NCc2ccccc2Cn2ccnc2)c(C)cc1Br. The molecule has 1 heterocycles. The molecule has 0 saturated heterocycles. The number of halogens is 1. The standard InChI is InChI=1S/C21H22BrN3OS/c1-15-10-20(16(2)9-19(15)22)27-13-21(26)24-11-17-5-3-4-6-18(17)12-25-8-7-23-14-25/h3-10,14H,11-13H2,1-2H3,(H,24,26). The summed E-state index contributed by atoms with van der Waals surface area (Å²) in [6.07, 6.45) is 5.51. The minimum absolute atomic E-state index is 0.0393. The maximum atomic E-state index is 12.3. The molecule has 0 radical (unpaired) electrons. The molecule has 0 aliphatic rings. The Bertz CT molecular complexity index is 925. The highest BCUT2D eigenvalue weighted by Gasteiger charge is 2.09. The Labute approximate surface area is 172 Å². The van der Waals surface area contributed by atoms with Crippen LogP contribution >= 0.6 is 27.7 Å². The molecule has 0 aliphatic carbocycles. The van der Waals surface area contributed by atoms with Crippen molar-refractivity contribution >= 4 is 33.6 Å². The average Bonchev–Trinajstić information content (AvgIpc) is 3.16. The monoisotopic (exact) mass is 443 g/mol. The molecule has 0 unspecified atom stereocenters. The van der Waals surface area contributed by atoms with Gasteiger partial charge in [-0.25, -0.2) is 4.98 Å². The van der Waals surface area contributed by atoms with Gasteiger partial charge in [0, 0.05) is 34.9 Å². The van der Waals surface area contributed by atoms with E-state index < -0.39 is 0 Å². The Morgan fingerprint density at radius 2 is 1.96 bits per heavy atom. The highest BCUT2D eigenvalue weighted by atomic mass is 79.9. The van der Waals surface area contributed by atoms with Crippen molar-refractivity contribution < 1.29 is 4.79 Å². The van der Waals surface area contributed by atoms with Crippen LogP contribution in [0.4, 0.5) is 0 Å². The number of thioether (sulfide) groups is 1. The topological polar surface area (TPSA) is 46.9 Å². The molecule has 0 spiro atoms. The minimum Gasteiger partial charge on any atom is -0.351 e. The molecule has 3 rings (SSSR count). The number of amides is 1. The van der Waals surface area contributed by atoms with E-state index in [-0.39, 0.29) is 5.91 Å². The summed E-state index contributed by atoms with van der Waals surface area (Å²) in [6.45, 7) is 5.41. The number of hydrogen-bond acceptors (Lipinski definition) is 3. The molecule has 0 atom stereocenters. The van der Waals surface area contributed by atoms with Crippen molar-refractivity contribution in [2.24, 2.45) is 0 Å². The summed E-state index contributed by atoms with van der Waals surface area (Å²) in [7, 11) is 0. The van der Waals surface area contributed by atoms with Crippen molar-refractivity contribution in [3.63, 3.8) is 0 Å². The number of benzene rings is 2. The molecule has 1 amide bonds. The number of carbonyl (C=O) groups excluding carboxylic acids is 1. The molecule has 2 aromatic carbocycles. The molecule has 0 bridgehead atoms. The van der Waals surface area contributed by atoms with Crippen molar-refractivity contribution in [1.82, 2.24) is 14.9 Å². The van der Waals surface area contributed by atoms with Gasteiger partial charge in [0.25, 0.3) is 0 Å². The fourth-order valence-electron chi connectivity index (χ4n) is 2.76. The number of imidazole rings is 1. The van der Waals surface area contributed by atoms with E-state index in [1.54, 1.807) is 24.3 Å². The first-order valence-electron chi connectivity index (χ1n) is 8.71. The van der Waals surface area contributed by atoms with Crippen LogP contribution < -0.4 is 5.32 Å². The van der Waals surface area contributed by atoms with E-state index in [4.69, 9.17) is 0 Å². The Kier molecular flexibility index (Phi) is 6.74. The van der Waals surface area contributed by atoms with Gasteiger partial charge in [0.05, 0.1) is 12.1 Å². The number of aromatic nitrogens is 2. The van der Waals surface area contributed by atoms with Crippen LogP contribution in [-0.2, 0) is 17.9 Å². The lowest BCUT2D eigenvalue weighted by Gasteiger charge is -2.12. The van der Waals surface area contributed by atoms with E-state index in [1.807, 2.05) is 22.9 Å². The second-order valence-electron chi connectivity index (χ2n) is 6.44. The smallest absolute Gasteiger partial charge is 0.230 e. The highest BCUT2D eigenvalue weighted by Crippen LogP contribution is 2.28. The second-order valence-corrected chi connectivity index (χ2v) is 8.31. The van der Waals surface area contributed by atoms with Crippen molar-refractivity contribution in [2.45, 2.75) is 31.8 Å². The number of nitrogens with zero attached hydrogens (tertiary/aromatic N) is 2. The number of nitrogens with one attached hydrogen (secondary N) is 1. The molecule has 0 fully saturated rings. The summed E-state index contributed by atoms with van der Waals surface area (Å²) >= 11 is 5.12. The molecule has 3 aromatic rings. The summed E-state index contributed by atoms with van der Waals surface area (Å²) in [4.78, 5) is 17.6. The van der Waals surface area contributed by atoms with Crippen molar-refractivity contribution in [2.75, 3.05) is 5.75 Å². The number of hydrogen-bond donors (Lipinski definition) is 1. The fourth-order valence-corrected chi connectivity index (χ4v) is 4.15. The average molecular weight is 444 g/mol. The molecule has 0 saturated carbocycles. The molecular weight excluding hydrogens is 422 g/mol. The maximum Gasteiger partial charge on any atom is 0.230 e. The second kappa shape index (κ2) is 9.24. The predicted octanol–water partition coefficient (Wildman–Crippen LogP) is 4.72. The van der Waals surface area contributed by atoms with Crippen LogP contribution in [0.3, 0.4) is 0 Å². The Balaban J connectivity index is 1.56. The van der Waals surface area contributed by atoms with Crippen molar-refractivity contribution in [1.29, 1.82) is 0 Å². The summed E-state index contributed by atoms with van der Waals surface area (Å²) < 4.78 is 3.12. The first-order chi connectivity index (χ1) is 13.0. The molecule has 1 aromatic heterocycles. The zero-order valence-electron chi connectivity index (χ0n) is 15.4. The van der Waals surface area contributed by atoms with Gasteiger partial charge in [0.2, 0.25) is 5.91 Å². The summed E-state index contributed by atoms with van der Waals surface area (Å²) in [6, 6.07) is 12.4. The molecular formula is C21H22BrN3OS. The van der Waals surface area contributed by atoms with Gasteiger partial charge in [-0.05, 0) is 48.2 Å². The van der Waals surface area contributed by atoms with Gasteiger partial charge < -0.3 is 9.88 Å². The summed E-state index contributed by atoms with van der Waals surface area (Å²) in [5, 5.41) is 3.04. The normalized spacial score (nSPS) is 10.8. The third kappa shape index (κ3) is 5.47. The highest BCUT2D eigenvalue weighted by molar-refractivity contribution is 9.10. The Morgan fingerprint density at radius 1 is 1.19 bits per heavy atom. The lowest BCUT2D eigenvalue weighted by Crippen LogP contribution is -2.25. The quantitative estimate of drug-likeness (QED) is 0.537. The zero-order chi connectivity index (χ0) is 19.2. The van der Waals surface area contributed by atoms with Crippen molar-refractivity contribution in [3.05, 3.63) is 81.8 Å². The summed E-state index contributed by atoms with van der Waals surface area (Å²) in [5.41, 5.74) is 4.66. The van der Waals surface area contributed by atoms with Gasteiger partial charge in [-0.15, -0.1) is 11.8 Å². The van der Waals surface area contributed by atoms with E-state index in [0.29, 0.717) is 12.3 Å². The molecule has 27 heavy (non-hydrogen) atoms. The van der Waals surface area contributed by atoms with Crippen LogP contribution in [0, 0.1) is 13.8 Å². The van der Waals surface area contributed by atoms with Crippen molar-refractivity contribution in [3.8, 4) is 0 Å². The first kappa shape index (κ1) is 19.7.